The summed E-state index contributed by atoms with van der Waals surface area (Å²) < 4.78 is 0. The van der Waals surface area contributed by atoms with Crippen LogP contribution in [0, 0.1) is 6.92 Å². The van der Waals surface area contributed by atoms with E-state index in [1.807, 2.05) is 19.9 Å². The molecule has 0 aliphatic heterocycles. The fourth-order valence-corrected chi connectivity index (χ4v) is 1.55. The molecule has 0 unspecified atom stereocenters. The predicted molar refractivity (Wildman–Crippen MR) is 70.4 cm³/mol. The maximum atomic E-state index is 11.9. The minimum atomic E-state index is -0.0538. The van der Waals surface area contributed by atoms with Crippen LogP contribution in [0.25, 0.3) is 0 Å². The van der Waals surface area contributed by atoms with E-state index >= 15 is 0 Å². The van der Waals surface area contributed by atoms with Crippen LogP contribution in [0.3, 0.4) is 0 Å². The molecule has 0 aliphatic carbocycles. The van der Waals surface area contributed by atoms with Crippen LogP contribution in [0.15, 0.2) is 12.3 Å². The maximum Gasteiger partial charge on any atom is 0.254 e. The third kappa shape index (κ3) is 4.06. The van der Waals surface area contributed by atoms with Gasteiger partial charge in [-0.15, -0.1) is 0 Å². The van der Waals surface area contributed by atoms with Gasteiger partial charge < -0.3 is 10.6 Å². The van der Waals surface area contributed by atoms with Gasteiger partial charge in [0.15, 0.2) is 0 Å². The summed E-state index contributed by atoms with van der Waals surface area (Å²) in [5, 5.41) is 6.09. The lowest BCUT2D eigenvalue weighted by atomic mass is 10.2. The van der Waals surface area contributed by atoms with E-state index in [-0.39, 0.29) is 5.91 Å². The Hall–Kier alpha value is -1.58. The second-order valence-corrected chi connectivity index (χ2v) is 4.01. The average molecular weight is 235 g/mol. The van der Waals surface area contributed by atoms with Crippen LogP contribution in [-0.2, 0) is 0 Å². The molecular formula is C13H21N3O. The molecule has 0 aliphatic rings. The van der Waals surface area contributed by atoms with Crippen molar-refractivity contribution in [1.29, 1.82) is 0 Å². The molecule has 0 saturated carbocycles. The molecule has 0 radical (unpaired) electrons. The van der Waals surface area contributed by atoms with Crippen LogP contribution in [0.5, 0.6) is 0 Å². The van der Waals surface area contributed by atoms with E-state index in [2.05, 4.69) is 22.5 Å². The molecule has 1 heterocycles. The van der Waals surface area contributed by atoms with E-state index in [0.29, 0.717) is 5.56 Å². The maximum absolute atomic E-state index is 11.9. The Labute approximate surface area is 103 Å². The Kier molecular flexibility index (Phi) is 5.46. The van der Waals surface area contributed by atoms with Crippen LogP contribution in [0.4, 0.5) is 5.69 Å². The SMILES string of the molecule is CCCCNC(=O)c1cnc(C)cc1NCC. The largest absolute Gasteiger partial charge is 0.385 e. The molecule has 17 heavy (non-hydrogen) atoms. The normalized spacial score (nSPS) is 10.1. The van der Waals surface area contributed by atoms with Gasteiger partial charge in [0, 0.05) is 25.0 Å². The van der Waals surface area contributed by atoms with Crippen molar-refractivity contribution in [2.75, 3.05) is 18.4 Å². The van der Waals surface area contributed by atoms with E-state index < -0.39 is 0 Å². The summed E-state index contributed by atoms with van der Waals surface area (Å²) >= 11 is 0. The zero-order valence-corrected chi connectivity index (χ0v) is 10.8. The summed E-state index contributed by atoms with van der Waals surface area (Å²) in [7, 11) is 0. The van der Waals surface area contributed by atoms with E-state index in [4.69, 9.17) is 0 Å². The van der Waals surface area contributed by atoms with Crippen molar-refractivity contribution >= 4 is 11.6 Å². The molecule has 0 bridgehead atoms. The van der Waals surface area contributed by atoms with Crippen LogP contribution >= 0.6 is 0 Å². The molecule has 0 saturated heterocycles. The molecule has 1 rings (SSSR count). The van der Waals surface area contributed by atoms with Gasteiger partial charge in [-0.25, -0.2) is 0 Å². The topological polar surface area (TPSA) is 54.0 Å². The highest BCUT2D eigenvalue weighted by molar-refractivity contribution is 5.99. The number of hydrogen-bond acceptors (Lipinski definition) is 3. The summed E-state index contributed by atoms with van der Waals surface area (Å²) in [6.45, 7) is 7.53. The first-order valence-electron chi connectivity index (χ1n) is 6.17. The highest BCUT2D eigenvalue weighted by atomic mass is 16.1. The Morgan fingerprint density at radius 2 is 2.18 bits per heavy atom. The summed E-state index contributed by atoms with van der Waals surface area (Å²) in [5.41, 5.74) is 2.38. The minimum Gasteiger partial charge on any atom is -0.385 e. The lowest BCUT2D eigenvalue weighted by molar-refractivity contribution is 0.0953. The van der Waals surface area contributed by atoms with Gasteiger partial charge in [-0.3, -0.25) is 9.78 Å². The molecule has 0 aromatic carbocycles. The number of nitrogens with zero attached hydrogens (tertiary/aromatic N) is 1. The standard InChI is InChI=1S/C13H21N3O/c1-4-6-7-15-13(17)11-9-16-10(3)8-12(11)14-5-2/h8-9H,4-7H2,1-3H3,(H,14,16)(H,15,17). The van der Waals surface area contributed by atoms with Crippen molar-refractivity contribution in [3.8, 4) is 0 Å². The van der Waals surface area contributed by atoms with Crippen molar-refractivity contribution in [3.05, 3.63) is 23.5 Å². The van der Waals surface area contributed by atoms with Crippen LogP contribution in [0.1, 0.15) is 42.7 Å². The van der Waals surface area contributed by atoms with Gasteiger partial charge >= 0.3 is 0 Å². The number of carbonyl (C=O) groups excluding carboxylic acids is 1. The zero-order chi connectivity index (χ0) is 12.7. The van der Waals surface area contributed by atoms with Gasteiger partial charge in [-0.05, 0) is 26.3 Å². The Bertz CT molecular complexity index is 377. The first-order valence-corrected chi connectivity index (χ1v) is 6.17. The van der Waals surface area contributed by atoms with Crippen LogP contribution < -0.4 is 10.6 Å². The van der Waals surface area contributed by atoms with E-state index in [1.165, 1.54) is 0 Å². The Morgan fingerprint density at radius 1 is 1.41 bits per heavy atom. The second-order valence-electron chi connectivity index (χ2n) is 4.01. The molecule has 0 fully saturated rings. The first kappa shape index (κ1) is 13.5. The van der Waals surface area contributed by atoms with Gasteiger partial charge in [-0.1, -0.05) is 13.3 Å². The number of carbonyl (C=O) groups is 1. The molecule has 0 atom stereocenters. The second kappa shape index (κ2) is 6.89. The van der Waals surface area contributed by atoms with E-state index in [1.54, 1.807) is 6.20 Å². The molecule has 94 valence electrons. The zero-order valence-electron chi connectivity index (χ0n) is 10.8. The fraction of sp³-hybridized carbons (Fsp3) is 0.538. The molecule has 4 nitrogen and oxygen atoms in total. The van der Waals surface area contributed by atoms with E-state index in [0.717, 1.165) is 37.3 Å². The van der Waals surface area contributed by atoms with Crippen molar-refractivity contribution in [3.63, 3.8) is 0 Å². The molecule has 0 spiro atoms. The lowest BCUT2D eigenvalue weighted by Gasteiger charge is -2.11. The summed E-state index contributed by atoms with van der Waals surface area (Å²) in [4.78, 5) is 16.1. The van der Waals surface area contributed by atoms with Crippen molar-refractivity contribution in [2.24, 2.45) is 0 Å². The summed E-state index contributed by atoms with van der Waals surface area (Å²) in [6.07, 6.45) is 3.71. The lowest BCUT2D eigenvalue weighted by Crippen LogP contribution is -2.25. The molecule has 1 amide bonds. The van der Waals surface area contributed by atoms with Crippen LogP contribution in [0.2, 0.25) is 0 Å². The van der Waals surface area contributed by atoms with Gasteiger partial charge in [0.05, 0.1) is 11.3 Å². The smallest absolute Gasteiger partial charge is 0.254 e. The molecular weight excluding hydrogens is 214 g/mol. The van der Waals surface area contributed by atoms with Gasteiger partial charge in [-0.2, -0.15) is 0 Å². The third-order valence-electron chi connectivity index (χ3n) is 2.47. The number of rotatable bonds is 6. The predicted octanol–water partition coefficient (Wildman–Crippen LogP) is 2.35. The van der Waals surface area contributed by atoms with Crippen molar-refractivity contribution < 1.29 is 4.79 Å². The third-order valence-corrected chi connectivity index (χ3v) is 2.47. The van der Waals surface area contributed by atoms with Crippen molar-refractivity contribution in [2.45, 2.75) is 33.6 Å². The monoisotopic (exact) mass is 235 g/mol. The Balaban J connectivity index is 2.77. The summed E-state index contributed by atoms with van der Waals surface area (Å²) in [5.74, 6) is -0.0538. The number of pyridine rings is 1. The quantitative estimate of drug-likeness (QED) is 0.744. The van der Waals surface area contributed by atoms with E-state index in [9.17, 15) is 4.79 Å². The molecule has 2 N–H and O–H groups in total. The first-order chi connectivity index (χ1) is 8.19. The summed E-state index contributed by atoms with van der Waals surface area (Å²) in [6, 6.07) is 1.90. The molecule has 1 aromatic rings. The number of anilines is 1. The number of amides is 1. The number of unbranched alkanes of at least 4 members (excludes halogenated alkanes) is 1. The van der Waals surface area contributed by atoms with Crippen molar-refractivity contribution in [1.82, 2.24) is 10.3 Å². The highest BCUT2D eigenvalue weighted by Crippen LogP contribution is 2.15. The van der Waals surface area contributed by atoms with Gasteiger partial charge in [0.2, 0.25) is 0 Å². The number of nitrogens with one attached hydrogen (secondary N) is 2. The minimum absolute atomic E-state index is 0.0538. The highest BCUT2D eigenvalue weighted by Gasteiger charge is 2.11. The molecule has 1 aromatic heterocycles. The fourth-order valence-electron chi connectivity index (χ4n) is 1.55. The van der Waals surface area contributed by atoms with Gasteiger partial charge in [0.1, 0.15) is 0 Å². The average Bonchev–Trinajstić information content (AvgIpc) is 2.30. The number of aromatic nitrogens is 1. The number of aryl methyl sites for hydroxylation is 1. The Morgan fingerprint density at radius 3 is 2.82 bits per heavy atom. The molecule has 4 heteroatoms. The number of hydrogen-bond donors (Lipinski definition) is 2. The van der Waals surface area contributed by atoms with Gasteiger partial charge in [0.25, 0.3) is 5.91 Å². The van der Waals surface area contributed by atoms with Crippen LogP contribution in [-0.4, -0.2) is 24.0 Å².